The van der Waals surface area contributed by atoms with Crippen LogP contribution in [0.4, 0.5) is 0 Å². The first-order valence-corrected chi connectivity index (χ1v) is 6.00. The topological polar surface area (TPSA) is 47.3 Å². The Hall–Kier alpha value is -1.81. The van der Waals surface area contributed by atoms with Gasteiger partial charge >= 0.3 is 0 Å². The van der Waals surface area contributed by atoms with E-state index in [4.69, 9.17) is 4.74 Å². The fourth-order valence-corrected chi connectivity index (χ4v) is 1.75. The molecule has 0 aliphatic carbocycles. The molecule has 0 radical (unpaired) electrons. The highest BCUT2D eigenvalue weighted by Gasteiger charge is 2.13. The van der Waals surface area contributed by atoms with Gasteiger partial charge < -0.3 is 9.84 Å². The first-order chi connectivity index (χ1) is 8.56. The summed E-state index contributed by atoms with van der Waals surface area (Å²) < 4.78 is 7.23. The minimum Gasteiger partial charge on any atom is -0.491 e. The van der Waals surface area contributed by atoms with Crippen LogP contribution in [0.1, 0.15) is 31.2 Å². The SMILES string of the molecule is CC(C)Oc1ccc(C(O)c2ccn(C)n2)cc1. The Balaban J connectivity index is 2.14. The maximum atomic E-state index is 10.2. The molecule has 1 atom stereocenters. The van der Waals surface area contributed by atoms with Crippen molar-refractivity contribution in [1.29, 1.82) is 0 Å². The van der Waals surface area contributed by atoms with E-state index in [1.807, 2.05) is 57.4 Å². The van der Waals surface area contributed by atoms with E-state index in [0.717, 1.165) is 11.3 Å². The van der Waals surface area contributed by atoms with Gasteiger partial charge in [-0.1, -0.05) is 12.1 Å². The number of aliphatic hydroxyl groups is 1. The van der Waals surface area contributed by atoms with E-state index in [2.05, 4.69) is 5.10 Å². The van der Waals surface area contributed by atoms with Crippen LogP contribution in [0.25, 0.3) is 0 Å². The standard InChI is InChI=1S/C14H18N2O2/c1-10(2)18-12-6-4-11(5-7-12)14(17)13-8-9-16(3)15-13/h4-10,14,17H,1-3H3. The summed E-state index contributed by atoms with van der Waals surface area (Å²) in [6.45, 7) is 3.97. The number of nitrogens with zero attached hydrogens (tertiary/aromatic N) is 2. The van der Waals surface area contributed by atoms with E-state index in [1.54, 1.807) is 4.68 Å². The van der Waals surface area contributed by atoms with Crippen molar-refractivity contribution in [2.45, 2.75) is 26.1 Å². The largest absolute Gasteiger partial charge is 0.491 e. The molecule has 0 saturated heterocycles. The number of aryl methyl sites for hydroxylation is 1. The number of hydrogen-bond acceptors (Lipinski definition) is 3. The second kappa shape index (κ2) is 5.23. The van der Waals surface area contributed by atoms with E-state index >= 15 is 0 Å². The molecular weight excluding hydrogens is 228 g/mol. The van der Waals surface area contributed by atoms with Crippen molar-refractivity contribution in [3.05, 3.63) is 47.8 Å². The van der Waals surface area contributed by atoms with E-state index in [0.29, 0.717) is 5.69 Å². The van der Waals surface area contributed by atoms with Gasteiger partial charge in [-0.05, 0) is 37.6 Å². The Kier molecular flexibility index (Phi) is 3.67. The molecule has 1 unspecified atom stereocenters. The highest BCUT2D eigenvalue weighted by Crippen LogP contribution is 2.23. The first-order valence-electron chi connectivity index (χ1n) is 6.00. The molecule has 2 aromatic rings. The number of aliphatic hydroxyl groups excluding tert-OH is 1. The monoisotopic (exact) mass is 246 g/mol. The zero-order valence-corrected chi connectivity index (χ0v) is 10.9. The average Bonchev–Trinajstić information content (AvgIpc) is 2.75. The van der Waals surface area contributed by atoms with Crippen LogP contribution < -0.4 is 4.74 Å². The van der Waals surface area contributed by atoms with Gasteiger partial charge in [0.05, 0.1) is 11.8 Å². The summed E-state index contributed by atoms with van der Waals surface area (Å²) in [6.07, 6.45) is 1.27. The molecule has 0 spiro atoms. The van der Waals surface area contributed by atoms with E-state index in [1.165, 1.54) is 0 Å². The van der Waals surface area contributed by atoms with Crippen LogP contribution in [0.3, 0.4) is 0 Å². The summed E-state index contributed by atoms with van der Waals surface area (Å²) in [5, 5.41) is 14.4. The lowest BCUT2D eigenvalue weighted by atomic mass is 10.1. The van der Waals surface area contributed by atoms with Gasteiger partial charge in [0, 0.05) is 13.2 Å². The Morgan fingerprint density at radius 1 is 1.17 bits per heavy atom. The summed E-state index contributed by atoms with van der Waals surface area (Å²) in [7, 11) is 1.83. The average molecular weight is 246 g/mol. The molecule has 96 valence electrons. The molecule has 1 aromatic carbocycles. The van der Waals surface area contributed by atoms with Crippen molar-refractivity contribution in [2.75, 3.05) is 0 Å². The number of benzene rings is 1. The van der Waals surface area contributed by atoms with Crippen LogP contribution in [0.15, 0.2) is 36.5 Å². The summed E-state index contributed by atoms with van der Waals surface area (Å²) >= 11 is 0. The molecule has 2 rings (SSSR count). The van der Waals surface area contributed by atoms with Gasteiger partial charge in [0.2, 0.25) is 0 Å². The van der Waals surface area contributed by atoms with Gasteiger partial charge in [-0.2, -0.15) is 5.10 Å². The Morgan fingerprint density at radius 3 is 2.33 bits per heavy atom. The summed E-state index contributed by atoms with van der Waals surface area (Å²) in [5.74, 6) is 0.807. The van der Waals surface area contributed by atoms with Gasteiger partial charge in [0.25, 0.3) is 0 Å². The number of rotatable bonds is 4. The maximum absolute atomic E-state index is 10.2. The quantitative estimate of drug-likeness (QED) is 0.900. The number of aromatic nitrogens is 2. The van der Waals surface area contributed by atoms with Crippen LogP contribution in [-0.2, 0) is 7.05 Å². The minimum absolute atomic E-state index is 0.150. The van der Waals surface area contributed by atoms with Gasteiger partial charge in [0.1, 0.15) is 11.9 Å². The summed E-state index contributed by atoms with van der Waals surface area (Å²) in [6, 6.07) is 9.25. The lowest BCUT2D eigenvalue weighted by Gasteiger charge is -2.12. The van der Waals surface area contributed by atoms with Crippen molar-refractivity contribution in [2.24, 2.45) is 7.05 Å². The molecule has 1 aromatic heterocycles. The third-order valence-electron chi connectivity index (χ3n) is 2.58. The second-order valence-electron chi connectivity index (χ2n) is 4.55. The second-order valence-corrected chi connectivity index (χ2v) is 4.55. The van der Waals surface area contributed by atoms with E-state index in [9.17, 15) is 5.11 Å². The molecule has 0 saturated carbocycles. The third kappa shape index (κ3) is 2.90. The molecule has 0 amide bonds. The highest BCUT2D eigenvalue weighted by molar-refractivity contribution is 5.31. The van der Waals surface area contributed by atoms with Gasteiger partial charge in [-0.15, -0.1) is 0 Å². The molecule has 0 aliphatic heterocycles. The molecule has 18 heavy (non-hydrogen) atoms. The highest BCUT2D eigenvalue weighted by atomic mass is 16.5. The predicted octanol–water partition coefficient (Wildman–Crippen LogP) is 2.29. The first kappa shape index (κ1) is 12.6. The van der Waals surface area contributed by atoms with Crippen LogP contribution in [0.5, 0.6) is 5.75 Å². The molecule has 1 heterocycles. The van der Waals surface area contributed by atoms with Crippen molar-refractivity contribution in [3.63, 3.8) is 0 Å². The lowest BCUT2D eigenvalue weighted by molar-refractivity contribution is 0.213. The smallest absolute Gasteiger partial charge is 0.123 e. The van der Waals surface area contributed by atoms with E-state index < -0.39 is 6.10 Å². The molecule has 1 N–H and O–H groups in total. The van der Waals surface area contributed by atoms with Gasteiger partial charge in [-0.3, -0.25) is 4.68 Å². The zero-order valence-electron chi connectivity index (χ0n) is 10.9. The van der Waals surface area contributed by atoms with Crippen molar-refractivity contribution in [1.82, 2.24) is 9.78 Å². The molecule has 4 nitrogen and oxygen atoms in total. The van der Waals surface area contributed by atoms with E-state index in [-0.39, 0.29) is 6.10 Å². The van der Waals surface area contributed by atoms with Crippen LogP contribution in [0.2, 0.25) is 0 Å². The molecule has 4 heteroatoms. The predicted molar refractivity (Wildman–Crippen MR) is 69.5 cm³/mol. The molecular formula is C14H18N2O2. The van der Waals surface area contributed by atoms with Gasteiger partial charge in [-0.25, -0.2) is 0 Å². The summed E-state index contributed by atoms with van der Waals surface area (Å²) in [5.41, 5.74) is 1.46. The normalized spacial score (nSPS) is 12.7. The van der Waals surface area contributed by atoms with Crippen molar-refractivity contribution < 1.29 is 9.84 Å². The summed E-state index contributed by atoms with van der Waals surface area (Å²) in [4.78, 5) is 0. The van der Waals surface area contributed by atoms with Crippen LogP contribution in [-0.4, -0.2) is 21.0 Å². The Morgan fingerprint density at radius 2 is 1.83 bits per heavy atom. The molecule has 0 fully saturated rings. The van der Waals surface area contributed by atoms with Crippen molar-refractivity contribution >= 4 is 0 Å². The van der Waals surface area contributed by atoms with Crippen molar-refractivity contribution in [3.8, 4) is 5.75 Å². The Labute approximate surface area is 107 Å². The minimum atomic E-state index is -0.695. The fraction of sp³-hybridized carbons (Fsp3) is 0.357. The number of hydrogen-bond donors (Lipinski definition) is 1. The van der Waals surface area contributed by atoms with Crippen LogP contribution >= 0.6 is 0 Å². The Bertz CT molecular complexity index is 503. The number of ether oxygens (including phenoxy) is 1. The lowest BCUT2D eigenvalue weighted by Crippen LogP contribution is -2.06. The molecule has 0 aliphatic rings. The fourth-order valence-electron chi connectivity index (χ4n) is 1.75. The maximum Gasteiger partial charge on any atom is 0.123 e. The third-order valence-corrected chi connectivity index (χ3v) is 2.58. The zero-order chi connectivity index (χ0) is 13.1. The molecule has 0 bridgehead atoms. The van der Waals surface area contributed by atoms with Crippen LogP contribution in [0, 0.1) is 0 Å². The van der Waals surface area contributed by atoms with Gasteiger partial charge in [0.15, 0.2) is 0 Å².